The van der Waals surface area contributed by atoms with Crippen molar-refractivity contribution in [3.8, 4) is 0 Å². The van der Waals surface area contributed by atoms with Crippen LogP contribution < -0.4 is 0 Å². The van der Waals surface area contributed by atoms with Gasteiger partial charge in [0.25, 0.3) is 0 Å². The third-order valence-corrected chi connectivity index (χ3v) is 3.28. The molecule has 2 rings (SSSR count). The van der Waals surface area contributed by atoms with Crippen molar-refractivity contribution in [2.24, 2.45) is 0 Å². The van der Waals surface area contributed by atoms with Gasteiger partial charge in [-0.15, -0.1) is 0 Å². The van der Waals surface area contributed by atoms with Crippen LogP contribution >= 0.6 is 56.8 Å². The van der Waals surface area contributed by atoms with Crippen molar-refractivity contribution >= 4 is 67.7 Å². The summed E-state index contributed by atoms with van der Waals surface area (Å²) in [6, 6.07) is 4.07. The number of H-pyrrole nitrogens is 1. The van der Waals surface area contributed by atoms with Crippen molar-refractivity contribution in [3.63, 3.8) is 0 Å². The van der Waals surface area contributed by atoms with Crippen molar-refractivity contribution in [2.45, 2.75) is 0 Å². The van der Waals surface area contributed by atoms with Gasteiger partial charge in [0.05, 0.1) is 10.9 Å². The Morgan fingerprint density at radius 1 is 1.33 bits per heavy atom. The first-order chi connectivity index (χ1) is 5.68. The molecule has 0 atom stereocenters. The van der Waals surface area contributed by atoms with Crippen LogP contribution in [0.25, 0.3) is 10.9 Å². The van der Waals surface area contributed by atoms with E-state index in [1.807, 2.05) is 6.07 Å². The zero-order valence-electron chi connectivity index (χ0n) is 5.74. The predicted octanol–water partition coefficient (Wildman–Crippen LogP) is 3.43. The number of aromatic amines is 1. The number of rotatable bonds is 0. The van der Waals surface area contributed by atoms with Crippen molar-refractivity contribution in [2.75, 3.05) is 0 Å². The Balaban J connectivity index is 2.93. The Morgan fingerprint density at radius 3 is 2.83 bits per heavy atom. The third kappa shape index (κ3) is 1.44. The SMILES string of the molecule is Clc1[nH]nc2cc(I)cc(I)c12. The summed E-state index contributed by atoms with van der Waals surface area (Å²) < 4.78 is 2.31. The molecule has 0 spiro atoms. The highest BCUT2D eigenvalue weighted by molar-refractivity contribution is 14.1. The van der Waals surface area contributed by atoms with E-state index < -0.39 is 0 Å². The van der Waals surface area contributed by atoms with Gasteiger partial charge < -0.3 is 0 Å². The second-order valence-corrected chi connectivity index (χ2v) is 5.11. The fourth-order valence-corrected chi connectivity index (χ4v) is 3.51. The van der Waals surface area contributed by atoms with Crippen LogP contribution in [0, 0.1) is 7.14 Å². The Kier molecular flexibility index (Phi) is 2.48. The van der Waals surface area contributed by atoms with Gasteiger partial charge in [0.1, 0.15) is 5.15 Å². The quantitative estimate of drug-likeness (QED) is 0.670. The van der Waals surface area contributed by atoms with Gasteiger partial charge in [0.2, 0.25) is 0 Å². The van der Waals surface area contributed by atoms with Gasteiger partial charge in [0, 0.05) is 7.14 Å². The number of nitrogens with one attached hydrogen (secondary N) is 1. The summed E-state index contributed by atoms with van der Waals surface area (Å²) in [5.41, 5.74) is 0.927. The summed E-state index contributed by atoms with van der Waals surface area (Å²) in [5, 5.41) is 8.45. The van der Waals surface area contributed by atoms with Crippen LogP contribution in [-0.2, 0) is 0 Å². The molecule has 1 heterocycles. The minimum Gasteiger partial charge on any atom is -0.266 e. The maximum Gasteiger partial charge on any atom is 0.133 e. The number of hydrogen-bond donors (Lipinski definition) is 1. The monoisotopic (exact) mass is 404 g/mol. The van der Waals surface area contributed by atoms with Crippen molar-refractivity contribution in [1.82, 2.24) is 10.2 Å². The van der Waals surface area contributed by atoms with Crippen molar-refractivity contribution < 1.29 is 0 Å². The third-order valence-electron chi connectivity index (χ3n) is 1.53. The molecular weight excluding hydrogens is 401 g/mol. The van der Waals surface area contributed by atoms with Crippen LogP contribution in [0.1, 0.15) is 0 Å². The second-order valence-electron chi connectivity index (χ2n) is 2.32. The molecule has 62 valence electrons. The Morgan fingerprint density at radius 2 is 2.08 bits per heavy atom. The molecule has 1 aromatic carbocycles. The van der Waals surface area contributed by atoms with E-state index >= 15 is 0 Å². The summed E-state index contributed by atoms with van der Waals surface area (Å²) in [6.07, 6.45) is 0. The Hall–Kier alpha value is 0.440. The standard InChI is InChI=1S/C7H3ClI2N2/c8-7-6-4(10)1-3(9)2-5(6)11-12-7/h1-2H,(H,11,12). The molecule has 0 saturated carbocycles. The lowest BCUT2D eigenvalue weighted by atomic mass is 10.3. The zero-order chi connectivity index (χ0) is 8.72. The largest absolute Gasteiger partial charge is 0.266 e. The molecular formula is C7H3ClI2N2. The van der Waals surface area contributed by atoms with Gasteiger partial charge in [0.15, 0.2) is 0 Å². The van der Waals surface area contributed by atoms with Crippen LogP contribution in [-0.4, -0.2) is 10.2 Å². The van der Waals surface area contributed by atoms with E-state index in [-0.39, 0.29) is 0 Å². The van der Waals surface area contributed by atoms with E-state index in [9.17, 15) is 0 Å². The van der Waals surface area contributed by atoms with Gasteiger partial charge in [-0.2, -0.15) is 5.10 Å². The molecule has 0 saturated heterocycles. The lowest BCUT2D eigenvalue weighted by Crippen LogP contribution is -1.77. The number of hydrogen-bond acceptors (Lipinski definition) is 1. The number of aromatic nitrogens is 2. The number of benzene rings is 1. The molecule has 2 aromatic rings. The van der Waals surface area contributed by atoms with E-state index in [0.29, 0.717) is 5.15 Å². The highest BCUT2D eigenvalue weighted by Crippen LogP contribution is 2.27. The molecule has 5 heteroatoms. The smallest absolute Gasteiger partial charge is 0.133 e. The van der Waals surface area contributed by atoms with Crippen LogP contribution in [0.2, 0.25) is 5.15 Å². The topological polar surface area (TPSA) is 28.7 Å². The van der Waals surface area contributed by atoms with E-state index in [1.165, 1.54) is 3.57 Å². The first-order valence-electron chi connectivity index (χ1n) is 3.17. The maximum absolute atomic E-state index is 5.90. The number of nitrogens with zero attached hydrogens (tertiary/aromatic N) is 1. The van der Waals surface area contributed by atoms with E-state index in [2.05, 4.69) is 61.4 Å². The first-order valence-corrected chi connectivity index (χ1v) is 5.70. The highest BCUT2D eigenvalue weighted by atomic mass is 127. The molecule has 0 aliphatic carbocycles. The van der Waals surface area contributed by atoms with Crippen LogP contribution in [0.4, 0.5) is 0 Å². The molecule has 0 radical (unpaired) electrons. The van der Waals surface area contributed by atoms with E-state index in [1.54, 1.807) is 0 Å². The number of halogens is 3. The lowest BCUT2D eigenvalue weighted by molar-refractivity contribution is 1.12. The molecule has 0 bridgehead atoms. The van der Waals surface area contributed by atoms with Crippen LogP contribution in [0.5, 0.6) is 0 Å². The van der Waals surface area contributed by atoms with Crippen molar-refractivity contribution in [3.05, 3.63) is 24.4 Å². The molecule has 12 heavy (non-hydrogen) atoms. The fraction of sp³-hybridized carbons (Fsp3) is 0. The fourth-order valence-electron chi connectivity index (χ4n) is 1.03. The summed E-state index contributed by atoms with van der Waals surface area (Å²) >= 11 is 10.4. The normalized spacial score (nSPS) is 10.9. The average molecular weight is 404 g/mol. The highest BCUT2D eigenvalue weighted by Gasteiger charge is 2.07. The minimum atomic E-state index is 0.616. The molecule has 0 unspecified atom stereocenters. The van der Waals surface area contributed by atoms with Gasteiger partial charge >= 0.3 is 0 Å². The first kappa shape index (κ1) is 9.01. The van der Waals surface area contributed by atoms with Crippen LogP contribution in [0.3, 0.4) is 0 Å². The Labute approximate surface area is 101 Å². The summed E-state index contributed by atoms with van der Waals surface area (Å²) in [7, 11) is 0. The average Bonchev–Trinajstić information content (AvgIpc) is 2.31. The van der Waals surface area contributed by atoms with Gasteiger partial charge in [-0.05, 0) is 57.3 Å². The van der Waals surface area contributed by atoms with E-state index in [0.717, 1.165) is 14.5 Å². The van der Waals surface area contributed by atoms with Crippen molar-refractivity contribution in [1.29, 1.82) is 0 Å². The second kappa shape index (κ2) is 3.30. The molecule has 1 N–H and O–H groups in total. The van der Waals surface area contributed by atoms with Gasteiger partial charge in [-0.25, -0.2) is 0 Å². The maximum atomic E-state index is 5.90. The molecule has 0 aliphatic heterocycles. The van der Waals surface area contributed by atoms with E-state index in [4.69, 9.17) is 11.6 Å². The zero-order valence-corrected chi connectivity index (χ0v) is 10.8. The summed E-state index contributed by atoms with van der Waals surface area (Å²) in [5.74, 6) is 0. The molecule has 0 fully saturated rings. The predicted molar refractivity (Wildman–Crippen MR) is 66.5 cm³/mol. The van der Waals surface area contributed by atoms with Gasteiger partial charge in [-0.1, -0.05) is 11.6 Å². The molecule has 0 amide bonds. The molecule has 1 aromatic heterocycles. The molecule has 2 nitrogen and oxygen atoms in total. The summed E-state index contributed by atoms with van der Waals surface area (Å²) in [4.78, 5) is 0. The molecule has 0 aliphatic rings. The number of fused-ring (bicyclic) bond motifs is 1. The summed E-state index contributed by atoms with van der Waals surface area (Å²) in [6.45, 7) is 0. The minimum absolute atomic E-state index is 0.616. The lowest BCUT2D eigenvalue weighted by Gasteiger charge is -1.94. The van der Waals surface area contributed by atoms with Crippen LogP contribution in [0.15, 0.2) is 12.1 Å². The Bertz CT molecular complexity index is 438. The van der Waals surface area contributed by atoms with Gasteiger partial charge in [-0.3, -0.25) is 5.10 Å².